The molecular weight excluding hydrogens is 292 g/mol. The third-order valence-electron chi connectivity index (χ3n) is 4.14. The molecule has 0 radical (unpaired) electrons. The highest BCUT2D eigenvalue weighted by Gasteiger charge is 2.35. The Morgan fingerprint density at radius 3 is 2.35 bits per heavy atom. The molecule has 0 heterocycles. The molecule has 1 aromatic rings. The highest BCUT2D eigenvalue weighted by atomic mass is 32.2. The van der Waals surface area contributed by atoms with Gasteiger partial charge in [0, 0.05) is 17.3 Å². The minimum Gasteiger partial charge on any atom is -0.309 e. The topological polar surface area (TPSA) is 72.2 Å². The number of sulfonamides is 1. The van der Waals surface area contributed by atoms with E-state index in [1.54, 1.807) is 12.1 Å². The number of primary sulfonamides is 1. The molecule has 1 aromatic carbocycles. The summed E-state index contributed by atoms with van der Waals surface area (Å²) in [4.78, 5) is 0.160. The monoisotopic (exact) mass is 314 g/mol. The fourth-order valence-corrected chi connectivity index (χ4v) is 3.87. The summed E-state index contributed by atoms with van der Waals surface area (Å²) in [5, 5.41) is 8.65. The number of rotatable bonds is 6. The molecule has 2 rings (SSSR count). The summed E-state index contributed by atoms with van der Waals surface area (Å²) in [5.74, 6) is 0. The van der Waals surface area contributed by atoms with Crippen LogP contribution >= 0.6 is 11.8 Å². The molecule has 0 saturated heterocycles. The molecule has 1 aliphatic carbocycles. The fourth-order valence-electron chi connectivity index (χ4n) is 2.43. The second-order valence-electron chi connectivity index (χ2n) is 5.46. The number of nitrogens with two attached hydrogens (primary N) is 1. The summed E-state index contributed by atoms with van der Waals surface area (Å²) in [6, 6.07) is 6.98. The van der Waals surface area contributed by atoms with Crippen LogP contribution in [0.2, 0.25) is 0 Å². The van der Waals surface area contributed by atoms with Crippen molar-refractivity contribution in [1.82, 2.24) is 5.32 Å². The van der Waals surface area contributed by atoms with Crippen molar-refractivity contribution < 1.29 is 8.42 Å². The Hall–Kier alpha value is -0.560. The number of thioether (sulfide) groups is 1. The van der Waals surface area contributed by atoms with Gasteiger partial charge in [-0.25, -0.2) is 13.6 Å². The van der Waals surface area contributed by atoms with E-state index in [2.05, 4.69) is 18.5 Å². The van der Waals surface area contributed by atoms with Crippen LogP contribution in [0.1, 0.15) is 37.8 Å². The predicted molar refractivity (Wildman–Crippen MR) is 84.3 cm³/mol. The van der Waals surface area contributed by atoms with Crippen molar-refractivity contribution in [3.63, 3.8) is 0 Å². The Kier molecular flexibility index (Phi) is 4.79. The van der Waals surface area contributed by atoms with Crippen LogP contribution in [0.4, 0.5) is 0 Å². The second kappa shape index (κ2) is 6.05. The van der Waals surface area contributed by atoms with E-state index in [0.717, 1.165) is 12.1 Å². The van der Waals surface area contributed by atoms with Crippen molar-refractivity contribution in [1.29, 1.82) is 0 Å². The summed E-state index contributed by atoms with van der Waals surface area (Å²) >= 11 is 1.94. The molecule has 6 heteroatoms. The van der Waals surface area contributed by atoms with Crippen LogP contribution in [0.5, 0.6) is 0 Å². The lowest BCUT2D eigenvalue weighted by molar-refractivity contribution is 0.334. The molecule has 1 atom stereocenters. The van der Waals surface area contributed by atoms with Gasteiger partial charge in [-0.3, -0.25) is 0 Å². The predicted octanol–water partition coefficient (Wildman–Crippen LogP) is 2.27. The zero-order chi connectivity index (χ0) is 14.8. The molecule has 112 valence electrons. The average Bonchev–Trinajstić information content (AvgIpc) is 2.37. The lowest BCUT2D eigenvalue weighted by Crippen LogP contribution is -2.43. The highest BCUT2D eigenvalue weighted by molar-refractivity contribution is 8.00. The molecule has 1 saturated carbocycles. The zero-order valence-electron chi connectivity index (χ0n) is 11.9. The van der Waals surface area contributed by atoms with Crippen LogP contribution in [0.25, 0.3) is 0 Å². The fraction of sp³-hybridized carbons (Fsp3) is 0.571. The van der Waals surface area contributed by atoms with Gasteiger partial charge < -0.3 is 5.32 Å². The maximum absolute atomic E-state index is 11.2. The second-order valence-corrected chi connectivity index (χ2v) is 8.29. The third kappa shape index (κ3) is 3.55. The van der Waals surface area contributed by atoms with E-state index in [9.17, 15) is 8.42 Å². The Morgan fingerprint density at radius 1 is 1.35 bits per heavy atom. The molecule has 1 unspecified atom stereocenters. The molecule has 0 aliphatic heterocycles. The van der Waals surface area contributed by atoms with Crippen LogP contribution in [0.15, 0.2) is 29.2 Å². The van der Waals surface area contributed by atoms with Crippen molar-refractivity contribution >= 4 is 21.8 Å². The van der Waals surface area contributed by atoms with Crippen molar-refractivity contribution in [3.05, 3.63) is 29.8 Å². The van der Waals surface area contributed by atoms with Crippen molar-refractivity contribution in [2.45, 2.75) is 41.9 Å². The standard InChI is InChI=1S/C14H22N2O2S2/c1-11(16-10-14(19-2)8-3-9-14)12-4-6-13(7-5-12)20(15,17)18/h4-7,11,16H,3,8-10H2,1-2H3,(H2,15,17,18). The quantitative estimate of drug-likeness (QED) is 0.845. The number of benzene rings is 1. The molecule has 0 bridgehead atoms. The van der Waals surface area contributed by atoms with Crippen molar-refractivity contribution in [3.8, 4) is 0 Å². The third-order valence-corrected chi connectivity index (χ3v) is 6.48. The normalized spacial score (nSPS) is 19.4. The summed E-state index contributed by atoms with van der Waals surface area (Å²) in [6.45, 7) is 3.09. The van der Waals surface area contributed by atoms with Crippen LogP contribution in [0.3, 0.4) is 0 Å². The average molecular weight is 314 g/mol. The first kappa shape index (κ1) is 15.8. The van der Waals surface area contributed by atoms with Crippen molar-refractivity contribution in [2.24, 2.45) is 5.14 Å². The summed E-state index contributed by atoms with van der Waals surface area (Å²) in [5.41, 5.74) is 1.08. The number of hydrogen-bond acceptors (Lipinski definition) is 4. The first-order valence-electron chi connectivity index (χ1n) is 6.78. The van der Waals surface area contributed by atoms with E-state index in [-0.39, 0.29) is 10.9 Å². The Morgan fingerprint density at radius 2 is 1.95 bits per heavy atom. The van der Waals surface area contributed by atoms with Gasteiger partial charge in [0.25, 0.3) is 0 Å². The van der Waals surface area contributed by atoms with Crippen LogP contribution in [-0.2, 0) is 10.0 Å². The molecule has 0 spiro atoms. The van der Waals surface area contributed by atoms with Gasteiger partial charge in [0.15, 0.2) is 0 Å². The maximum atomic E-state index is 11.2. The Labute approximate surface area is 125 Å². The van der Waals surface area contributed by atoms with Crippen LogP contribution < -0.4 is 10.5 Å². The summed E-state index contributed by atoms with van der Waals surface area (Å²) in [6.07, 6.45) is 6.04. The largest absolute Gasteiger partial charge is 0.309 e. The summed E-state index contributed by atoms with van der Waals surface area (Å²) in [7, 11) is -3.60. The van der Waals surface area contributed by atoms with Gasteiger partial charge in [-0.15, -0.1) is 0 Å². The van der Waals surface area contributed by atoms with Gasteiger partial charge in [-0.2, -0.15) is 11.8 Å². The molecule has 3 N–H and O–H groups in total. The lowest BCUT2D eigenvalue weighted by Gasteiger charge is -2.41. The summed E-state index contributed by atoms with van der Waals surface area (Å²) < 4.78 is 22.8. The highest BCUT2D eigenvalue weighted by Crippen LogP contribution is 2.42. The molecule has 0 amide bonds. The zero-order valence-corrected chi connectivity index (χ0v) is 13.6. The number of nitrogens with one attached hydrogen (secondary N) is 1. The van der Waals surface area contributed by atoms with Gasteiger partial charge in [0.05, 0.1) is 4.90 Å². The molecule has 1 fully saturated rings. The van der Waals surface area contributed by atoms with Gasteiger partial charge in [-0.1, -0.05) is 18.6 Å². The van der Waals surface area contributed by atoms with Crippen LogP contribution in [-0.4, -0.2) is 26.0 Å². The smallest absolute Gasteiger partial charge is 0.238 e. The molecule has 20 heavy (non-hydrogen) atoms. The maximum Gasteiger partial charge on any atom is 0.238 e. The van der Waals surface area contributed by atoms with Crippen molar-refractivity contribution in [2.75, 3.05) is 12.8 Å². The van der Waals surface area contributed by atoms with E-state index in [1.807, 2.05) is 23.9 Å². The number of hydrogen-bond donors (Lipinski definition) is 2. The van der Waals surface area contributed by atoms with E-state index in [1.165, 1.54) is 19.3 Å². The SMILES string of the molecule is CSC1(CNC(C)c2ccc(S(N)(=O)=O)cc2)CCC1. The van der Waals surface area contributed by atoms with Gasteiger partial charge in [0.1, 0.15) is 0 Å². The first-order chi connectivity index (χ1) is 9.36. The van der Waals surface area contributed by atoms with Gasteiger partial charge in [-0.05, 0) is 43.7 Å². The van der Waals surface area contributed by atoms with E-state index in [4.69, 9.17) is 5.14 Å². The lowest BCUT2D eigenvalue weighted by atomic mass is 9.84. The van der Waals surface area contributed by atoms with Crippen LogP contribution in [0, 0.1) is 0 Å². The minimum atomic E-state index is -3.60. The molecular formula is C14H22N2O2S2. The van der Waals surface area contributed by atoms with Gasteiger partial charge in [0.2, 0.25) is 10.0 Å². The molecule has 0 aromatic heterocycles. The Bertz CT molecular complexity index is 546. The van der Waals surface area contributed by atoms with E-state index >= 15 is 0 Å². The molecule has 1 aliphatic rings. The molecule has 4 nitrogen and oxygen atoms in total. The van der Waals surface area contributed by atoms with E-state index in [0.29, 0.717) is 4.75 Å². The Balaban J connectivity index is 1.97. The van der Waals surface area contributed by atoms with Gasteiger partial charge >= 0.3 is 0 Å². The minimum absolute atomic E-state index is 0.160. The van der Waals surface area contributed by atoms with E-state index < -0.39 is 10.0 Å². The first-order valence-corrected chi connectivity index (χ1v) is 9.55.